The third-order valence-corrected chi connectivity index (χ3v) is 6.42. The molecule has 1 aliphatic rings. The molecule has 0 spiro atoms. The second-order valence-corrected chi connectivity index (χ2v) is 8.11. The summed E-state index contributed by atoms with van der Waals surface area (Å²) in [5.74, 6) is 0. The summed E-state index contributed by atoms with van der Waals surface area (Å²) >= 11 is 14.7. The van der Waals surface area contributed by atoms with Crippen molar-refractivity contribution in [2.75, 3.05) is 0 Å². The second kappa shape index (κ2) is 5.55. The Morgan fingerprint density at radius 1 is 1.53 bits per heavy atom. The summed E-state index contributed by atoms with van der Waals surface area (Å²) in [5.41, 5.74) is 0. The van der Waals surface area contributed by atoms with Crippen molar-refractivity contribution in [3.05, 3.63) is 21.7 Å². The summed E-state index contributed by atoms with van der Waals surface area (Å²) < 4.78 is 60.9. The van der Waals surface area contributed by atoms with Crippen LogP contribution in [0.15, 0.2) is 21.7 Å². The van der Waals surface area contributed by atoms with Crippen LogP contribution < -0.4 is 4.72 Å². The summed E-state index contributed by atoms with van der Waals surface area (Å²) in [6.45, 7) is 0.692. The minimum atomic E-state index is -4.70. The maximum atomic E-state index is 12.4. The number of sulfonamides is 1. The van der Waals surface area contributed by atoms with Crippen LogP contribution in [0.4, 0.5) is 13.2 Å². The molecule has 0 saturated carbocycles. The molecule has 1 aliphatic carbocycles. The quantitative estimate of drug-likeness (QED) is 0.733. The summed E-state index contributed by atoms with van der Waals surface area (Å²) in [5, 5.41) is 0.113. The summed E-state index contributed by atoms with van der Waals surface area (Å²) in [7, 11) is -4.45. The van der Waals surface area contributed by atoms with Gasteiger partial charge in [0.15, 0.2) is 4.21 Å². The van der Waals surface area contributed by atoms with Gasteiger partial charge in [0, 0.05) is 15.9 Å². The van der Waals surface area contributed by atoms with E-state index >= 15 is 0 Å². The molecule has 1 rings (SSSR count). The highest BCUT2D eigenvalue weighted by Crippen LogP contribution is 2.40. The standard InChI is InChI=1S/C9H9BrCl2F3NO2S/c1-5(9(13,14)15)16-19(17,18)8(12)3-2-6(10)7(11)4-8/h2-3,5,16H,4H2,1H3/t5?,8-/m0/s1. The highest BCUT2D eigenvalue weighted by Gasteiger charge is 2.47. The zero-order valence-corrected chi connectivity index (χ0v) is 13.3. The molecule has 1 unspecified atom stereocenters. The summed E-state index contributed by atoms with van der Waals surface area (Å²) in [4.78, 5) is 0. The largest absolute Gasteiger partial charge is 0.404 e. The van der Waals surface area contributed by atoms with Gasteiger partial charge in [0.25, 0.3) is 0 Å². The van der Waals surface area contributed by atoms with E-state index in [1.807, 2.05) is 0 Å². The molecule has 10 heteroatoms. The van der Waals surface area contributed by atoms with Gasteiger partial charge in [-0.2, -0.15) is 13.2 Å². The van der Waals surface area contributed by atoms with Gasteiger partial charge in [-0.25, -0.2) is 13.1 Å². The molecular weight excluding hydrogens is 394 g/mol. The molecule has 0 amide bonds. The van der Waals surface area contributed by atoms with E-state index in [1.165, 1.54) is 10.8 Å². The Hall–Kier alpha value is 0.240. The monoisotopic (exact) mass is 401 g/mol. The van der Waals surface area contributed by atoms with Gasteiger partial charge in [-0.05, 0) is 35.0 Å². The number of rotatable bonds is 3. The molecule has 1 N–H and O–H groups in total. The predicted octanol–water partition coefficient (Wildman–Crippen LogP) is 3.60. The molecule has 2 atom stereocenters. The van der Waals surface area contributed by atoms with E-state index in [4.69, 9.17) is 23.2 Å². The molecular formula is C9H9BrCl2F3NO2S. The Kier molecular flexibility index (Phi) is 5.06. The predicted molar refractivity (Wildman–Crippen MR) is 71.7 cm³/mol. The Labute approximate surface area is 127 Å². The first-order chi connectivity index (χ1) is 8.39. The molecule has 110 valence electrons. The van der Waals surface area contributed by atoms with Crippen molar-refractivity contribution < 1.29 is 21.6 Å². The second-order valence-electron chi connectivity index (χ2n) is 3.93. The van der Waals surface area contributed by atoms with E-state index in [0.29, 0.717) is 11.4 Å². The Morgan fingerprint density at radius 2 is 2.05 bits per heavy atom. The average Bonchev–Trinajstić information content (AvgIpc) is 2.22. The van der Waals surface area contributed by atoms with E-state index in [9.17, 15) is 21.6 Å². The first-order valence-electron chi connectivity index (χ1n) is 4.90. The fraction of sp³-hybridized carbons (Fsp3) is 0.556. The maximum absolute atomic E-state index is 12.4. The van der Waals surface area contributed by atoms with Crippen LogP contribution in [0.5, 0.6) is 0 Å². The van der Waals surface area contributed by atoms with Crippen LogP contribution in [-0.4, -0.2) is 24.8 Å². The van der Waals surface area contributed by atoms with E-state index in [0.717, 1.165) is 6.08 Å². The molecule has 3 nitrogen and oxygen atoms in total. The first kappa shape index (κ1) is 17.3. The van der Waals surface area contributed by atoms with E-state index < -0.39 is 26.4 Å². The zero-order valence-electron chi connectivity index (χ0n) is 9.43. The average molecular weight is 403 g/mol. The fourth-order valence-electron chi connectivity index (χ4n) is 1.23. The highest BCUT2D eigenvalue weighted by molar-refractivity contribution is 9.12. The molecule has 0 aromatic carbocycles. The van der Waals surface area contributed by atoms with Crippen LogP contribution in [0.3, 0.4) is 0 Å². The minimum absolute atomic E-state index is 0.113. The Bertz CT molecular complexity index is 532. The Balaban J connectivity index is 3.00. The van der Waals surface area contributed by atoms with Crippen LogP contribution in [0.1, 0.15) is 13.3 Å². The number of hydrogen-bond acceptors (Lipinski definition) is 2. The lowest BCUT2D eigenvalue weighted by Gasteiger charge is -2.28. The van der Waals surface area contributed by atoms with Gasteiger partial charge < -0.3 is 0 Å². The molecule has 0 fully saturated rings. The highest BCUT2D eigenvalue weighted by atomic mass is 79.9. The van der Waals surface area contributed by atoms with Crippen molar-refractivity contribution in [3.8, 4) is 0 Å². The topological polar surface area (TPSA) is 46.2 Å². The van der Waals surface area contributed by atoms with E-state index in [2.05, 4.69) is 15.9 Å². The molecule has 0 radical (unpaired) electrons. The van der Waals surface area contributed by atoms with Crippen LogP contribution in [0.25, 0.3) is 0 Å². The molecule has 19 heavy (non-hydrogen) atoms. The number of halogens is 6. The van der Waals surface area contributed by atoms with Gasteiger partial charge in [-0.1, -0.05) is 23.2 Å². The van der Waals surface area contributed by atoms with Crippen LogP contribution in [0, 0.1) is 0 Å². The van der Waals surface area contributed by atoms with Crippen molar-refractivity contribution in [2.45, 2.75) is 29.8 Å². The van der Waals surface area contributed by atoms with E-state index in [1.54, 1.807) is 0 Å². The SMILES string of the molecule is CC(NS(=O)(=O)[C@@]1(Cl)C=CC(Br)=C(Cl)C1)C(F)(F)F. The normalized spacial score (nSPS) is 26.7. The lowest BCUT2D eigenvalue weighted by molar-refractivity contribution is -0.147. The maximum Gasteiger partial charge on any atom is 0.404 e. The van der Waals surface area contributed by atoms with Crippen LogP contribution in [0.2, 0.25) is 0 Å². The molecule has 0 bridgehead atoms. The zero-order chi connectivity index (χ0) is 15.1. The van der Waals surface area contributed by atoms with Gasteiger partial charge >= 0.3 is 6.18 Å². The van der Waals surface area contributed by atoms with Crippen molar-refractivity contribution in [2.24, 2.45) is 0 Å². The fourth-order valence-corrected chi connectivity index (χ4v) is 3.63. The lowest BCUT2D eigenvalue weighted by Crippen LogP contribution is -2.50. The third-order valence-electron chi connectivity index (χ3n) is 2.40. The van der Waals surface area contributed by atoms with Gasteiger partial charge in [0.1, 0.15) is 6.04 Å². The van der Waals surface area contributed by atoms with E-state index in [-0.39, 0.29) is 11.5 Å². The minimum Gasteiger partial charge on any atom is -0.210 e. The first-order valence-corrected chi connectivity index (χ1v) is 7.93. The number of allylic oxidation sites excluding steroid dienone is 3. The van der Waals surface area contributed by atoms with Gasteiger partial charge in [0.2, 0.25) is 10.0 Å². The molecule has 0 aromatic heterocycles. The van der Waals surface area contributed by atoms with Crippen molar-refractivity contribution in [1.82, 2.24) is 4.72 Å². The number of alkyl halides is 4. The van der Waals surface area contributed by atoms with Crippen molar-refractivity contribution in [3.63, 3.8) is 0 Å². The smallest absolute Gasteiger partial charge is 0.210 e. The van der Waals surface area contributed by atoms with Crippen LogP contribution >= 0.6 is 39.1 Å². The summed E-state index contributed by atoms with van der Waals surface area (Å²) in [6, 6.07) is -2.24. The van der Waals surface area contributed by atoms with Gasteiger partial charge in [-0.15, -0.1) is 0 Å². The van der Waals surface area contributed by atoms with Crippen LogP contribution in [-0.2, 0) is 10.0 Å². The van der Waals surface area contributed by atoms with Gasteiger partial charge in [-0.3, -0.25) is 0 Å². The molecule has 0 saturated heterocycles. The molecule has 0 aliphatic heterocycles. The Morgan fingerprint density at radius 3 is 2.47 bits per heavy atom. The summed E-state index contributed by atoms with van der Waals surface area (Å²) in [6.07, 6.45) is -2.65. The van der Waals surface area contributed by atoms with Gasteiger partial charge in [0.05, 0.1) is 0 Å². The number of hydrogen-bond donors (Lipinski definition) is 1. The van der Waals surface area contributed by atoms with Crippen molar-refractivity contribution >= 4 is 49.2 Å². The molecule has 0 aromatic rings. The number of nitrogens with one attached hydrogen (secondary N) is 1. The molecule has 0 heterocycles. The third kappa shape index (κ3) is 3.87. The van der Waals surface area contributed by atoms with Crippen molar-refractivity contribution in [1.29, 1.82) is 0 Å². The lowest BCUT2D eigenvalue weighted by atomic mass is 10.2.